The van der Waals surface area contributed by atoms with Gasteiger partial charge in [-0.15, -0.1) is 0 Å². The summed E-state index contributed by atoms with van der Waals surface area (Å²) in [4.78, 5) is 20.6. The molecule has 0 aliphatic heterocycles. The number of aromatic nitrogens is 2. The summed E-state index contributed by atoms with van der Waals surface area (Å²) < 4.78 is 0. The summed E-state index contributed by atoms with van der Waals surface area (Å²) in [5, 5.41) is 6.33. The molecule has 0 saturated heterocycles. The maximum Gasteiger partial charge on any atom is 0.254 e. The van der Waals surface area contributed by atoms with Gasteiger partial charge in [0.15, 0.2) is 0 Å². The highest BCUT2D eigenvalue weighted by molar-refractivity contribution is 5.93. The fourth-order valence-corrected chi connectivity index (χ4v) is 2.62. The second kappa shape index (κ2) is 6.20. The van der Waals surface area contributed by atoms with Gasteiger partial charge in [-0.1, -0.05) is 25.7 Å². The van der Waals surface area contributed by atoms with Crippen LogP contribution in [0.5, 0.6) is 0 Å². The highest BCUT2D eigenvalue weighted by Crippen LogP contribution is 2.22. The molecule has 0 unspecified atom stereocenters. The van der Waals surface area contributed by atoms with Crippen molar-refractivity contribution in [2.24, 2.45) is 0 Å². The van der Waals surface area contributed by atoms with Crippen molar-refractivity contribution in [2.75, 3.05) is 5.32 Å². The Bertz CT molecular complexity index is 447. The van der Waals surface area contributed by atoms with Gasteiger partial charge < -0.3 is 10.6 Å². The largest absolute Gasteiger partial charge is 0.351 e. The van der Waals surface area contributed by atoms with E-state index in [0.717, 1.165) is 12.8 Å². The zero-order valence-electron chi connectivity index (χ0n) is 11.8. The van der Waals surface area contributed by atoms with Gasteiger partial charge in [0.25, 0.3) is 5.91 Å². The number of hydrogen-bond acceptors (Lipinski definition) is 4. The Morgan fingerprint density at radius 2 is 1.60 bits per heavy atom. The van der Waals surface area contributed by atoms with Gasteiger partial charge in [-0.25, -0.2) is 9.97 Å². The second-order valence-electron chi connectivity index (χ2n) is 5.88. The van der Waals surface area contributed by atoms with Crippen LogP contribution in [0.1, 0.15) is 61.7 Å². The summed E-state index contributed by atoms with van der Waals surface area (Å²) in [6.45, 7) is 0. The predicted molar refractivity (Wildman–Crippen MR) is 77.6 cm³/mol. The Balaban J connectivity index is 1.55. The fraction of sp³-hybridized carbons (Fsp3) is 0.667. The number of hydrogen-bond donors (Lipinski definition) is 2. The van der Waals surface area contributed by atoms with Crippen molar-refractivity contribution in [1.82, 2.24) is 15.3 Å². The average Bonchev–Trinajstić information content (AvgIpc) is 3.27. The monoisotopic (exact) mass is 274 g/mol. The van der Waals surface area contributed by atoms with Crippen molar-refractivity contribution < 1.29 is 4.79 Å². The standard InChI is InChI=1S/C15H22N4O/c20-14(18-12-5-3-1-2-4-6-12)11-9-16-15(17-10-11)19-13-7-8-13/h9-10,12-13H,1-8H2,(H,18,20)(H,16,17,19). The molecule has 1 aromatic heterocycles. The molecule has 0 aromatic carbocycles. The van der Waals surface area contributed by atoms with Gasteiger partial charge in [0.2, 0.25) is 5.95 Å². The van der Waals surface area contributed by atoms with Gasteiger partial charge in [-0.05, 0) is 25.7 Å². The molecule has 5 nitrogen and oxygen atoms in total. The van der Waals surface area contributed by atoms with Crippen LogP contribution < -0.4 is 10.6 Å². The minimum absolute atomic E-state index is 0.0464. The van der Waals surface area contributed by atoms with E-state index >= 15 is 0 Å². The molecule has 0 radical (unpaired) electrons. The van der Waals surface area contributed by atoms with Crippen molar-refractivity contribution in [2.45, 2.75) is 63.5 Å². The number of nitrogens with zero attached hydrogens (tertiary/aromatic N) is 2. The van der Waals surface area contributed by atoms with Gasteiger partial charge in [0.05, 0.1) is 5.56 Å². The van der Waals surface area contributed by atoms with Crippen LogP contribution in [-0.4, -0.2) is 28.0 Å². The van der Waals surface area contributed by atoms with Crippen LogP contribution in [0.25, 0.3) is 0 Å². The summed E-state index contributed by atoms with van der Waals surface area (Å²) in [6.07, 6.45) is 12.8. The molecule has 1 amide bonds. The second-order valence-corrected chi connectivity index (χ2v) is 5.88. The normalized spacial score (nSPS) is 20.2. The highest BCUT2D eigenvalue weighted by Gasteiger charge is 2.22. The molecule has 2 saturated carbocycles. The zero-order chi connectivity index (χ0) is 13.8. The number of amides is 1. The summed E-state index contributed by atoms with van der Waals surface area (Å²) in [6, 6.07) is 0.843. The molecule has 1 aromatic rings. The first-order valence-electron chi connectivity index (χ1n) is 7.71. The molecule has 108 valence electrons. The summed E-state index contributed by atoms with van der Waals surface area (Å²) in [5.41, 5.74) is 0.551. The quantitative estimate of drug-likeness (QED) is 0.828. The smallest absolute Gasteiger partial charge is 0.254 e. The van der Waals surface area contributed by atoms with Crippen molar-refractivity contribution in [3.05, 3.63) is 18.0 Å². The first-order chi connectivity index (χ1) is 9.81. The molecule has 1 heterocycles. The maximum atomic E-state index is 12.2. The van der Waals surface area contributed by atoms with E-state index in [0.29, 0.717) is 23.6 Å². The van der Waals surface area contributed by atoms with Crippen LogP contribution in [0, 0.1) is 0 Å². The topological polar surface area (TPSA) is 66.9 Å². The number of carbonyl (C=O) groups is 1. The van der Waals surface area contributed by atoms with Crippen LogP contribution in [0.4, 0.5) is 5.95 Å². The number of anilines is 1. The minimum atomic E-state index is -0.0464. The lowest BCUT2D eigenvalue weighted by Crippen LogP contribution is -2.34. The number of carbonyl (C=O) groups excluding carboxylic acids is 1. The Morgan fingerprint density at radius 3 is 2.20 bits per heavy atom. The van der Waals surface area contributed by atoms with Crippen molar-refractivity contribution in [1.29, 1.82) is 0 Å². The molecule has 20 heavy (non-hydrogen) atoms. The van der Waals surface area contributed by atoms with Gasteiger partial charge in [0, 0.05) is 24.5 Å². The lowest BCUT2D eigenvalue weighted by molar-refractivity contribution is 0.0932. The molecule has 2 aliphatic rings. The van der Waals surface area contributed by atoms with E-state index in [2.05, 4.69) is 20.6 Å². The lowest BCUT2D eigenvalue weighted by atomic mass is 10.1. The molecule has 3 rings (SSSR count). The highest BCUT2D eigenvalue weighted by atomic mass is 16.1. The van der Waals surface area contributed by atoms with E-state index in [9.17, 15) is 4.79 Å². The third kappa shape index (κ3) is 3.68. The summed E-state index contributed by atoms with van der Waals surface area (Å²) >= 11 is 0. The van der Waals surface area contributed by atoms with Gasteiger partial charge in [-0.2, -0.15) is 0 Å². The van der Waals surface area contributed by atoms with Crippen LogP contribution in [0.2, 0.25) is 0 Å². The lowest BCUT2D eigenvalue weighted by Gasteiger charge is -2.16. The maximum absolute atomic E-state index is 12.2. The Morgan fingerprint density at radius 1 is 0.950 bits per heavy atom. The van der Waals surface area contributed by atoms with E-state index in [1.165, 1.54) is 38.5 Å². The van der Waals surface area contributed by atoms with Gasteiger partial charge in [-0.3, -0.25) is 4.79 Å². The zero-order valence-corrected chi connectivity index (χ0v) is 11.8. The van der Waals surface area contributed by atoms with Crippen LogP contribution >= 0.6 is 0 Å². The number of nitrogens with one attached hydrogen (secondary N) is 2. The summed E-state index contributed by atoms with van der Waals surface area (Å²) in [7, 11) is 0. The third-order valence-electron chi connectivity index (χ3n) is 4.01. The molecule has 2 fully saturated rings. The molecule has 0 bridgehead atoms. The van der Waals surface area contributed by atoms with Gasteiger partial charge >= 0.3 is 0 Å². The predicted octanol–water partition coefficient (Wildman–Crippen LogP) is 2.50. The average molecular weight is 274 g/mol. The molecule has 2 aliphatic carbocycles. The van der Waals surface area contributed by atoms with Crippen molar-refractivity contribution in [3.63, 3.8) is 0 Å². The molecule has 2 N–H and O–H groups in total. The molecule has 5 heteroatoms. The van der Waals surface area contributed by atoms with Gasteiger partial charge in [0.1, 0.15) is 0 Å². The SMILES string of the molecule is O=C(NC1CCCCCC1)c1cnc(NC2CC2)nc1. The Kier molecular flexibility index (Phi) is 4.14. The fourth-order valence-electron chi connectivity index (χ4n) is 2.62. The van der Waals surface area contributed by atoms with E-state index in [1.54, 1.807) is 12.4 Å². The van der Waals surface area contributed by atoms with Crippen LogP contribution in [0.15, 0.2) is 12.4 Å². The van der Waals surface area contributed by atoms with E-state index in [1.807, 2.05) is 0 Å². The molecule has 0 spiro atoms. The Labute approximate surface area is 119 Å². The molecular weight excluding hydrogens is 252 g/mol. The van der Waals surface area contributed by atoms with E-state index in [4.69, 9.17) is 0 Å². The third-order valence-corrected chi connectivity index (χ3v) is 4.01. The van der Waals surface area contributed by atoms with E-state index in [-0.39, 0.29) is 5.91 Å². The van der Waals surface area contributed by atoms with Crippen LogP contribution in [0.3, 0.4) is 0 Å². The van der Waals surface area contributed by atoms with Crippen molar-refractivity contribution in [3.8, 4) is 0 Å². The van der Waals surface area contributed by atoms with E-state index < -0.39 is 0 Å². The molecule has 0 atom stereocenters. The summed E-state index contributed by atoms with van der Waals surface area (Å²) in [5.74, 6) is 0.577. The minimum Gasteiger partial charge on any atom is -0.351 e. The first kappa shape index (κ1) is 13.3. The number of rotatable bonds is 4. The molecular formula is C15H22N4O. The Hall–Kier alpha value is -1.65. The first-order valence-corrected chi connectivity index (χ1v) is 7.71. The van der Waals surface area contributed by atoms with Crippen LogP contribution in [-0.2, 0) is 0 Å². The van der Waals surface area contributed by atoms with Crippen molar-refractivity contribution >= 4 is 11.9 Å².